The fourth-order valence-electron chi connectivity index (χ4n) is 2.59. The number of benzene rings is 1. The molecule has 1 heterocycles. The highest BCUT2D eigenvalue weighted by Gasteiger charge is 2.41. The molecule has 2 rings (SSSR count). The van der Waals surface area contributed by atoms with Gasteiger partial charge in [0, 0.05) is 13.1 Å². The van der Waals surface area contributed by atoms with Crippen LogP contribution in [-0.2, 0) is 19.6 Å². The number of hydrogen-bond donors (Lipinski definition) is 2. The SMILES string of the molecule is O=C(O)CCN(C1C(=O)NCCC[C@H]1Cl)S(=O)(=O)c1ccccc1. The molecular formula is C15H19ClN2O5S. The van der Waals surface area contributed by atoms with E-state index < -0.39 is 39.7 Å². The van der Waals surface area contributed by atoms with E-state index in [1.165, 1.54) is 12.1 Å². The number of amides is 1. The maximum Gasteiger partial charge on any atom is 0.304 e. The maximum atomic E-state index is 12.9. The number of halogens is 1. The van der Waals surface area contributed by atoms with Crippen LogP contribution in [0.4, 0.5) is 0 Å². The molecule has 0 aromatic heterocycles. The van der Waals surface area contributed by atoms with Crippen LogP contribution in [0.2, 0.25) is 0 Å². The second kappa shape index (κ2) is 7.96. The molecule has 1 unspecified atom stereocenters. The first-order valence-corrected chi connectivity index (χ1v) is 9.42. The summed E-state index contributed by atoms with van der Waals surface area (Å²) in [7, 11) is -4.05. The fraction of sp³-hybridized carbons (Fsp3) is 0.467. The van der Waals surface area contributed by atoms with Crippen LogP contribution in [0.15, 0.2) is 35.2 Å². The molecule has 1 saturated heterocycles. The summed E-state index contributed by atoms with van der Waals surface area (Å²) in [6, 6.07) is 6.46. The number of nitrogens with one attached hydrogen (secondary N) is 1. The van der Waals surface area contributed by atoms with Gasteiger partial charge in [-0.25, -0.2) is 8.42 Å². The van der Waals surface area contributed by atoms with Crippen molar-refractivity contribution >= 4 is 33.5 Å². The molecule has 1 aromatic carbocycles. The fourth-order valence-corrected chi connectivity index (χ4v) is 4.71. The Balaban J connectivity index is 2.43. The van der Waals surface area contributed by atoms with E-state index in [0.717, 1.165) is 4.31 Å². The van der Waals surface area contributed by atoms with Crippen LogP contribution in [0.3, 0.4) is 0 Å². The number of hydrogen-bond acceptors (Lipinski definition) is 4. The van der Waals surface area contributed by atoms with E-state index in [2.05, 4.69) is 5.32 Å². The van der Waals surface area contributed by atoms with E-state index in [4.69, 9.17) is 16.7 Å². The molecule has 0 radical (unpaired) electrons. The lowest BCUT2D eigenvalue weighted by atomic mass is 10.1. The lowest BCUT2D eigenvalue weighted by Gasteiger charge is -2.31. The van der Waals surface area contributed by atoms with Gasteiger partial charge in [-0.1, -0.05) is 18.2 Å². The average Bonchev–Trinajstić information content (AvgIpc) is 2.70. The Hall–Kier alpha value is -1.64. The summed E-state index contributed by atoms with van der Waals surface area (Å²) in [6.07, 6.45) is 0.673. The Morgan fingerprint density at radius 2 is 2.00 bits per heavy atom. The minimum atomic E-state index is -4.05. The lowest BCUT2D eigenvalue weighted by Crippen LogP contribution is -2.53. The first kappa shape index (κ1) is 18.7. The predicted octanol–water partition coefficient (Wildman–Crippen LogP) is 1.04. The number of aliphatic carboxylic acids is 1. The highest BCUT2D eigenvalue weighted by Crippen LogP contribution is 2.25. The van der Waals surface area contributed by atoms with E-state index in [1.54, 1.807) is 18.2 Å². The van der Waals surface area contributed by atoms with Gasteiger partial charge in [-0.3, -0.25) is 9.59 Å². The highest BCUT2D eigenvalue weighted by molar-refractivity contribution is 7.89. The summed E-state index contributed by atoms with van der Waals surface area (Å²) in [5, 5.41) is 10.8. The van der Waals surface area contributed by atoms with E-state index in [0.29, 0.717) is 19.4 Å². The van der Waals surface area contributed by atoms with Crippen LogP contribution in [0.25, 0.3) is 0 Å². The molecule has 1 aliphatic heterocycles. The number of sulfonamides is 1. The molecule has 1 aliphatic rings. The number of rotatable bonds is 6. The molecule has 7 nitrogen and oxygen atoms in total. The minimum absolute atomic E-state index is 0.00342. The Kier molecular flexibility index (Phi) is 6.20. The largest absolute Gasteiger partial charge is 0.481 e. The Morgan fingerprint density at radius 1 is 1.33 bits per heavy atom. The third-order valence-corrected chi connectivity index (χ3v) is 6.13. The van der Waals surface area contributed by atoms with Gasteiger partial charge in [0.2, 0.25) is 15.9 Å². The zero-order valence-corrected chi connectivity index (χ0v) is 14.5. The number of alkyl halides is 1. The Bertz CT molecular complexity index is 695. The van der Waals surface area contributed by atoms with Crippen molar-refractivity contribution in [1.29, 1.82) is 0 Å². The van der Waals surface area contributed by atoms with Gasteiger partial charge < -0.3 is 10.4 Å². The zero-order valence-electron chi connectivity index (χ0n) is 12.9. The lowest BCUT2D eigenvalue weighted by molar-refractivity contribution is -0.137. The zero-order chi connectivity index (χ0) is 17.7. The second-order valence-electron chi connectivity index (χ2n) is 5.47. The summed E-state index contributed by atoms with van der Waals surface area (Å²) >= 11 is 6.27. The molecular weight excluding hydrogens is 356 g/mol. The van der Waals surface area contributed by atoms with Gasteiger partial charge in [-0.15, -0.1) is 11.6 Å². The van der Waals surface area contributed by atoms with Crippen LogP contribution < -0.4 is 5.32 Å². The van der Waals surface area contributed by atoms with Gasteiger partial charge in [-0.05, 0) is 25.0 Å². The standard InChI is InChI=1S/C15H19ClN2O5S/c16-12-7-4-9-17-15(21)14(12)18(10-8-13(19)20)24(22,23)11-5-2-1-3-6-11/h1-3,5-6,12,14H,4,7-10H2,(H,17,21)(H,19,20)/t12-,14?/m1/s1. The van der Waals surface area contributed by atoms with E-state index >= 15 is 0 Å². The van der Waals surface area contributed by atoms with Gasteiger partial charge in [0.15, 0.2) is 0 Å². The van der Waals surface area contributed by atoms with Gasteiger partial charge in [-0.2, -0.15) is 4.31 Å². The van der Waals surface area contributed by atoms with Crippen molar-refractivity contribution in [2.75, 3.05) is 13.1 Å². The molecule has 1 aromatic rings. The van der Waals surface area contributed by atoms with Crippen LogP contribution in [0, 0.1) is 0 Å². The van der Waals surface area contributed by atoms with Crippen LogP contribution >= 0.6 is 11.6 Å². The van der Waals surface area contributed by atoms with Crippen LogP contribution in [0.5, 0.6) is 0 Å². The van der Waals surface area contributed by atoms with Crippen molar-refractivity contribution in [3.63, 3.8) is 0 Å². The summed E-state index contributed by atoms with van der Waals surface area (Å²) < 4.78 is 26.8. The molecule has 9 heteroatoms. The van der Waals surface area contributed by atoms with Crippen molar-refractivity contribution in [3.05, 3.63) is 30.3 Å². The predicted molar refractivity (Wildman–Crippen MR) is 88.3 cm³/mol. The van der Waals surface area contributed by atoms with E-state index in [9.17, 15) is 18.0 Å². The first-order valence-electron chi connectivity index (χ1n) is 7.54. The van der Waals surface area contributed by atoms with Crippen LogP contribution in [-0.4, -0.2) is 54.2 Å². The number of carboxylic acid groups (broad SMARTS) is 1. The third kappa shape index (κ3) is 4.25. The van der Waals surface area contributed by atoms with Gasteiger partial charge >= 0.3 is 5.97 Å². The van der Waals surface area contributed by atoms with Crippen molar-refractivity contribution in [2.24, 2.45) is 0 Å². The normalized spacial score (nSPS) is 22.0. The number of carbonyl (C=O) groups is 2. The van der Waals surface area contributed by atoms with Crippen LogP contribution in [0.1, 0.15) is 19.3 Å². The Labute approximate surface area is 145 Å². The summed E-state index contributed by atoms with van der Waals surface area (Å²) in [4.78, 5) is 23.3. The molecule has 1 amide bonds. The van der Waals surface area contributed by atoms with Crippen molar-refractivity contribution in [3.8, 4) is 0 Å². The van der Waals surface area contributed by atoms with E-state index in [1.807, 2.05) is 0 Å². The number of carboxylic acids is 1. The average molecular weight is 375 g/mol. The van der Waals surface area contributed by atoms with Crippen molar-refractivity contribution in [2.45, 2.75) is 35.6 Å². The molecule has 2 N–H and O–H groups in total. The second-order valence-corrected chi connectivity index (χ2v) is 7.92. The van der Waals surface area contributed by atoms with Gasteiger partial charge in [0.25, 0.3) is 0 Å². The molecule has 132 valence electrons. The highest BCUT2D eigenvalue weighted by atomic mass is 35.5. The van der Waals surface area contributed by atoms with E-state index in [-0.39, 0.29) is 11.4 Å². The van der Waals surface area contributed by atoms with Gasteiger partial charge in [0.1, 0.15) is 6.04 Å². The molecule has 2 atom stereocenters. The molecule has 1 fully saturated rings. The Morgan fingerprint density at radius 3 is 2.62 bits per heavy atom. The molecule has 0 aliphatic carbocycles. The number of carbonyl (C=O) groups excluding carboxylic acids is 1. The first-order chi connectivity index (χ1) is 11.3. The quantitative estimate of drug-likeness (QED) is 0.724. The minimum Gasteiger partial charge on any atom is -0.481 e. The monoisotopic (exact) mass is 374 g/mol. The number of nitrogens with zero attached hydrogens (tertiary/aromatic N) is 1. The maximum absolute atomic E-state index is 12.9. The smallest absolute Gasteiger partial charge is 0.304 e. The van der Waals surface area contributed by atoms with Gasteiger partial charge in [0.05, 0.1) is 16.7 Å². The summed E-state index contributed by atoms with van der Waals surface area (Å²) in [6.45, 7) is 0.0879. The molecule has 24 heavy (non-hydrogen) atoms. The molecule has 0 saturated carbocycles. The summed E-state index contributed by atoms with van der Waals surface area (Å²) in [5.41, 5.74) is 0. The van der Waals surface area contributed by atoms with Crippen molar-refractivity contribution in [1.82, 2.24) is 9.62 Å². The van der Waals surface area contributed by atoms with Crippen molar-refractivity contribution < 1.29 is 23.1 Å². The molecule has 0 bridgehead atoms. The molecule has 0 spiro atoms. The topological polar surface area (TPSA) is 104 Å². The summed E-state index contributed by atoms with van der Waals surface area (Å²) in [5.74, 6) is -1.65. The third-order valence-electron chi connectivity index (χ3n) is 3.77.